The van der Waals surface area contributed by atoms with Crippen molar-refractivity contribution in [1.82, 2.24) is 5.32 Å². The van der Waals surface area contributed by atoms with Gasteiger partial charge in [-0.2, -0.15) is 0 Å². The Morgan fingerprint density at radius 3 is 2.80 bits per heavy atom. The first-order chi connectivity index (χ1) is 7.15. The third-order valence-corrected chi connectivity index (χ3v) is 3.23. The highest BCUT2D eigenvalue weighted by Crippen LogP contribution is 2.24. The minimum atomic E-state index is -0.140. The fraction of sp³-hybridized carbons (Fsp3) is 0.455. The number of aromatic hydroxyl groups is 1. The van der Waals surface area contributed by atoms with Crippen LogP contribution in [-0.2, 0) is 6.54 Å². The molecule has 1 saturated carbocycles. The van der Waals surface area contributed by atoms with E-state index in [0.717, 1.165) is 22.9 Å². The van der Waals surface area contributed by atoms with E-state index >= 15 is 0 Å². The number of halogens is 1. The summed E-state index contributed by atoms with van der Waals surface area (Å²) in [6.07, 6.45) is 1.49. The molecule has 0 atom stereocenters. The molecule has 0 heterocycles. The van der Waals surface area contributed by atoms with Crippen molar-refractivity contribution in [2.24, 2.45) is 0 Å². The lowest BCUT2D eigenvalue weighted by atomic mass is 9.89. The van der Waals surface area contributed by atoms with E-state index in [1.54, 1.807) is 6.07 Å². The molecule has 0 aromatic heterocycles. The molecular weight excluding hydrogens is 258 g/mol. The summed E-state index contributed by atoms with van der Waals surface area (Å²) in [4.78, 5) is 0. The zero-order valence-electron chi connectivity index (χ0n) is 8.28. The SMILES string of the molecule is Oc1ccc(Br)cc1CNC1CC(O)C1. The van der Waals surface area contributed by atoms with Gasteiger partial charge in [0.25, 0.3) is 0 Å². The number of nitrogens with one attached hydrogen (secondary N) is 1. The number of phenolic OH excluding ortho intramolecular Hbond substituents is 1. The van der Waals surface area contributed by atoms with Crippen molar-refractivity contribution >= 4 is 15.9 Å². The minimum absolute atomic E-state index is 0.140. The van der Waals surface area contributed by atoms with Gasteiger partial charge >= 0.3 is 0 Å². The minimum Gasteiger partial charge on any atom is -0.508 e. The molecule has 2 rings (SSSR count). The summed E-state index contributed by atoms with van der Waals surface area (Å²) < 4.78 is 0.964. The van der Waals surface area contributed by atoms with E-state index in [9.17, 15) is 5.11 Å². The van der Waals surface area contributed by atoms with Gasteiger partial charge in [0.15, 0.2) is 0 Å². The molecular formula is C11H14BrNO2. The van der Waals surface area contributed by atoms with Crippen LogP contribution in [-0.4, -0.2) is 22.4 Å². The van der Waals surface area contributed by atoms with Gasteiger partial charge < -0.3 is 15.5 Å². The maximum atomic E-state index is 9.58. The number of benzene rings is 1. The monoisotopic (exact) mass is 271 g/mol. The summed E-state index contributed by atoms with van der Waals surface area (Å²) in [5, 5.41) is 22.0. The number of hydrogen-bond acceptors (Lipinski definition) is 3. The molecule has 3 N–H and O–H groups in total. The molecule has 0 saturated heterocycles. The number of rotatable bonds is 3. The Bertz CT molecular complexity index is 350. The predicted molar refractivity (Wildman–Crippen MR) is 61.7 cm³/mol. The second-order valence-corrected chi connectivity index (χ2v) is 4.89. The summed E-state index contributed by atoms with van der Waals surface area (Å²) in [5.41, 5.74) is 0.880. The zero-order valence-corrected chi connectivity index (χ0v) is 9.87. The molecule has 1 fully saturated rings. The molecule has 1 aromatic rings. The van der Waals surface area contributed by atoms with Crippen molar-refractivity contribution in [3.63, 3.8) is 0 Å². The van der Waals surface area contributed by atoms with E-state index in [2.05, 4.69) is 21.2 Å². The Hall–Kier alpha value is -0.580. The van der Waals surface area contributed by atoms with Gasteiger partial charge in [0.2, 0.25) is 0 Å². The number of aliphatic hydroxyl groups is 1. The van der Waals surface area contributed by atoms with Crippen LogP contribution < -0.4 is 5.32 Å². The highest BCUT2D eigenvalue weighted by molar-refractivity contribution is 9.10. The quantitative estimate of drug-likeness (QED) is 0.786. The average molecular weight is 272 g/mol. The van der Waals surface area contributed by atoms with Crippen molar-refractivity contribution in [2.75, 3.05) is 0 Å². The van der Waals surface area contributed by atoms with E-state index in [4.69, 9.17) is 5.11 Å². The van der Waals surface area contributed by atoms with Gasteiger partial charge in [-0.3, -0.25) is 0 Å². The molecule has 3 nitrogen and oxygen atoms in total. The second kappa shape index (κ2) is 4.51. The lowest BCUT2D eigenvalue weighted by Gasteiger charge is -2.32. The van der Waals surface area contributed by atoms with Crippen molar-refractivity contribution in [3.8, 4) is 5.75 Å². The fourth-order valence-corrected chi connectivity index (χ4v) is 2.11. The van der Waals surface area contributed by atoms with Crippen molar-refractivity contribution in [1.29, 1.82) is 0 Å². The maximum Gasteiger partial charge on any atom is 0.120 e. The Morgan fingerprint density at radius 2 is 2.13 bits per heavy atom. The Labute approximate surface area is 97.3 Å². The van der Waals surface area contributed by atoms with Crippen LogP contribution in [0.3, 0.4) is 0 Å². The highest BCUT2D eigenvalue weighted by Gasteiger charge is 2.26. The predicted octanol–water partition coefficient (Wildman–Crippen LogP) is 1.77. The van der Waals surface area contributed by atoms with E-state index in [0.29, 0.717) is 18.3 Å². The van der Waals surface area contributed by atoms with Gasteiger partial charge in [0.05, 0.1) is 6.10 Å². The van der Waals surface area contributed by atoms with E-state index in [1.807, 2.05) is 12.1 Å². The smallest absolute Gasteiger partial charge is 0.120 e. The first kappa shape index (κ1) is 10.9. The molecule has 15 heavy (non-hydrogen) atoms. The second-order valence-electron chi connectivity index (χ2n) is 3.98. The number of aliphatic hydroxyl groups excluding tert-OH is 1. The molecule has 0 spiro atoms. The maximum absolute atomic E-state index is 9.58. The highest BCUT2D eigenvalue weighted by atomic mass is 79.9. The molecule has 0 amide bonds. The molecule has 4 heteroatoms. The summed E-state index contributed by atoms with van der Waals surface area (Å²) in [6, 6.07) is 5.78. The van der Waals surface area contributed by atoms with Gasteiger partial charge in [-0.15, -0.1) is 0 Å². The van der Waals surface area contributed by atoms with Crippen LogP contribution in [0, 0.1) is 0 Å². The molecule has 0 radical (unpaired) electrons. The summed E-state index contributed by atoms with van der Waals surface area (Å²) in [5.74, 6) is 0.311. The van der Waals surface area contributed by atoms with E-state index < -0.39 is 0 Å². The van der Waals surface area contributed by atoms with Crippen LogP contribution >= 0.6 is 15.9 Å². The van der Waals surface area contributed by atoms with Gasteiger partial charge in [-0.05, 0) is 31.0 Å². The van der Waals surface area contributed by atoms with E-state index in [-0.39, 0.29) is 6.10 Å². The topological polar surface area (TPSA) is 52.5 Å². The number of phenols is 1. The molecule has 0 unspecified atom stereocenters. The third kappa shape index (κ3) is 2.71. The van der Waals surface area contributed by atoms with Crippen LogP contribution in [0.4, 0.5) is 0 Å². The number of hydrogen-bond donors (Lipinski definition) is 3. The molecule has 1 aromatic carbocycles. The normalized spacial score (nSPS) is 24.9. The Balaban J connectivity index is 1.90. The largest absolute Gasteiger partial charge is 0.508 e. The first-order valence-corrected chi connectivity index (χ1v) is 5.83. The van der Waals surface area contributed by atoms with E-state index in [1.165, 1.54) is 0 Å². The van der Waals surface area contributed by atoms with Crippen molar-refractivity contribution in [2.45, 2.75) is 31.5 Å². The summed E-state index contributed by atoms with van der Waals surface area (Å²) in [6.45, 7) is 0.642. The molecule has 0 bridgehead atoms. The van der Waals surface area contributed by atoms with Gasteiger partial charge in [0.1, 0.15) is 5.75 Å². The summed E-state index contributed by atoms with van der Waals surface area (Å²) >= 11 is 3.37. The lowest BCUT2D eigenvalue weighted by molar-refractivity contribution is 0.0619. The standard InChI is InChI=1S/C11H14BrNO2/c12-8-1-2-11(15)7(3-8)6-13-9-4-10(14)5-9/h1-3,9-10,13-15H,4-6H2. The summed E-state index contributed by atoms with van der Waals surface area (Å²) in [7, 11) is 0. The molecule has 82 valence electrons. The van der Waals surface area contributed by atoms with Crippen LogP contribution in [0.25, 0.3) is 0 Å². The van der Waals surface area contributed by atoms with Crippen molar-refractivity contribution < 1.29 is 10.2 Å². The van der Waals surface area contributed by atoms with Crippen LogP contribution in [0.15, 0.2) is 22.7 Å². The van der Waals surface area contributed by atoms with Gasteiger partial charge in [-0.1, -0.05) is 15.9 Å². The van der Waals surface area contributed by atoms with Crippen molar-refractivity contribution in [3.05, 3.63) is 28.2 Å². The molecule has 1 aliphatic carbocycles. The van der Waals surface area contributed by atoms with Crippen LogP contribution in [0.5, 0.6) is 5.75 Å². The molecule has 1 aliphatic rings. The van der Waals surface area contributed by atoms with Crippen LogP contribution in [0.2, 0.25) is 0 Å². The average Bonchev–Trinajstić information content (AvgIpc) is 2.16. The van der Waals surface area contributed by atoms with Gasteiger partial charge in [-0.25, -0.2) is 0 Å². The fourth-order valence-electron chi connectivity index (χ4n) is 1.70. The zero-order chi connectivity index (χ0) is 10.8. The first-order valence-electron chi connectivity index (χ1n) is 5.04. The van der Waals surface area contributed by atoms with Crippen LogP contribution in [0.1, 0.15) is 18.4 Å². The third-order valence-electron chi connectivity index (χ3n) is 2.74. The lowest BCUT2D eigenvalue weighted by Crippen LogP contribution is -2.43. The molecule has 0 aliphatic heterocycles. The Kier molecular flexibility index (Phi) is 3.29. The Morgan fingerprint density at radius 1 is 1.40 bits per heavy atom. The van der Waals surface area contributed by atoms with Gasteiger partial charge in [0, 0.05) is 22.6 Å².